The first kappa shape index (κ1) is 9.37. The Morgan fingerprint density at radius 1 is 1.62 bits per heavy atom. The molecule has 0 aromatic carbocycles. The monoisotopic (exact) mass is 218 g/mol. The standard InChI is InChI=1S/C8H11ClN2OS/c1-2-6-5(3-4-12-6)7-10-11-8(9)13-7/h5-6H,2-4H2,1H3. The Morgan fingerprint density at radius 2 is 2.46 bits per heavy atom. The normalized spacial score (nSPS) is 28.2. The number of halogens is 1. The van der Waals surface area contributed by atoms with Crippen LogP contribution in [0, 0.1) is 0 Å². The summed E-state index contributed by atoms with van der Waals surface area (Å²) in [7, 11) is 0. The predicted molar refractivity (Wildman–Crippen MR) is 52.3 cm³/mol. The van der Waals surface area contributed by atoms with Gasteiger partial charge in [0.15, 0.2) is 0 Å². The van der Waals surface area contributed by atoms with E-state index in [1.54, 1.807) is 0 Å². The molecule has 72 valence electrons. The molecule has 2 unspecified atom stereocenters. The number of hydrogen-bond donors (Lipinski definition) is 0. The van der Waals surface area contributed by atoms with Crippen molar-refractivity contribution < 1.29 is 4.74 Å². The van der Waals surface area contributed by atoms with E-state index in [1.807, 2.05) is 0 Å². The van der Waals surface area contributed by atoms with Crippen LogP contribution in [0.3, 0.4) is 0 Å². The number of nitrogens with zero attached hydrogens (tertiary/aromatic N) is 2. The highest BCUT2D eigenvalue weighted by atomic mass is 35.5. The zero-order valence-electron chi connectivity index (χ0n) is 7.36. The molecule has 2 heterocycles. The highest BCUT2D eigenvalue weighted by Crippen LogP contribution is 2.35. The summed E-state index contributed by atoms with van der Waals surface area (Å²) in [5.41, 5.74) is 0. The van der Waals surface area contributed by atoms with Gasteiger partial charge in [-0.1, -0.05) is 18.3 Å². The van der Waals surface area contributed by atoms with Gasteiger partial charge in [-0.25, -0.2) is 0 Å². The summed E-state index contributed by atoms with van der Waals surface area (Å²) in [4.78, 5) is 0. The molecule has 1 aromatic heterocycles. The second-order valence-corrected chi connectivity index (χ2v) is 4.70. The lowest BCUT2D eigenvalue weighted by Crippen LogP contribution is -2.12. The van der Waals surface area contributed by atoms with Gasteiger partial charge in [-0.3, -0.25) is 0 Å². The minimum Gasteiger partial charge on any atom is -0.377 e. The molecular formula is C8H11ClN2OS. The molecule has 0 spiro atoms. The summed E-state index contributed by atoms with van der Waals surface area (Å²) in [6, 6.07) is 0. The number of hydrogen-bond acceptors (Lipinski definition) is 4. The highest BCUT2D eigenvalue weighted by molar-refractivity contribution is 7.15. The van der Waals surface area contributed by atoms with Gasteiger partial charge < -0.3 is 4.74 Å². The number of aromatic nitrogens is 2. The van der Waals surface area contributed by atoms with E-state index in [9.17, 15) is 0 Å². The molecule has 1 aliphatic heterocycles. The van der Waals surface area contributed by atoms with Crippen molar-refractivity contribution in [1.82, 2.24) is 10.2 Å². The molecule has 3 nitrogen and oxygen atoms in total. The van der Waals surface area contributed by atoms with Crippen molar-refractivity contribution in [1.29, 1.82) is 0 Å². The fourth-order valence-corrected chi connectivity index (χ4v) is 2.73. The van der Waals surface area contributed by atoms with Crippen LogP contribution in [-0.2, 0) is 4.74 Å². The molecule has 5 heteroatoms. The van der Waals surface area contributed by atoms with Crippen molar-refractivity contribution in [3.63, 3.8) is 0 Å². The first-order chi connectivity index (χ1) is 6.31. The summed E-state index contributed by atoms with van der Waals surface area (Å²) in [6.07, 6.45) is 2.38. The quantitative estimate of drug-likeness (QED) is 0.765. The summed E-state index contributed by atoms with van der Waals surface area (Å²) in [5.74, 6) is 0.412. The van der Waals surface area contributed by atoms with E-state index in [4.69, 9.17) is 16.3 Å². The lowest BCUT2D eigenvalue weighted by molar-refractivity contribution is 0.100. The fourth-order valence-electron chi connectivity index (χ4n) is 1.70. The summed E-state index contributed by atoms with van der Waals surface area (Å²) < 4.78 is 6.10. The van der Waals surface area contributed by atoms with Crippen molar-refractivity contribution in [3.05, 3.63) is 9.47 Å². The van der Waals surface area contributed by atoms with Gasteiger partial charge in [-0.05, 0) is 24.4 Å². The van der Waals surface area contributed by atoms with Gasteiger partial charge in [0, 0.05) is 12.5 Å². The molecule has 0 N–H and O–H groups in total. The Balaban J connectivity index is 2.15. The van der Waals surface area contributed by atoms with Crippen LogP contribution in [0.15, 0.2) is 0 Å². The first-order valence-corrected chi connectivity index (χ1v) is 5.61. The zero-order chi connectivity index (χ0) is 9.26. The van der Waals surface area contributed by atoms with Gasteiger partial charge in [0.2, 0.25) is 4.47 Å². The average Bonchev–Trinajstić information content (AvgIpc) is 2.71. The van der Waals surface area contributed by atoms with E-state index in [1.165, 1.54) is 11.3 Å². The maximum Gasteiger partial charge on any atom is 0.207 e. The van der Waals surface area contributed by atoms with Crippen molar-refractivity contribution in [2.75, 3.05) is 6.61 Å². The van der Waals surface area contributed by atoms with Crippen LogP contribution in [0.2, 0.25) is 4.47 Å². The van der Waals surface area contributed by atoms with Crippen LogP contribution in [0.5, 0.6) is 0 Å². The van der Waals surface area contributed by atoms with Gasteiger partial charge in [0.1, 0.15) is 5.01 Å². The third-order valence-electron chi connectivity index (χ3n) is 2.35. The van der Waals surface area contributed by atoms with Crippen molar-refractivity contribution in [3.8, 4) is 0 Å². The first-order valence-electron chi connectivity index (χ1n) is 4.41. The van der Waals surface area contributed by atoms with Gasteiger partial charge >= 0.3 is 0 Å². The molecule has 13 heavy (non-hydrogen) atoms. The molecule has 1 saturated heterocycles. The molecule has 0 amide bonds. The maximum atomic E-state index is 5.73. The van der Waals surface area contributed by atoms with Crippen LogP contribution in [0.4, 0.5) is 0 Å². The minimum absolute atomic E-state index is 0.309. The Labute approximate surface area is 86.1 Å². The molecule has 1 aliphatic rings. The van der Waals surface area contributed by atoms with Gasteiger partial charge in [0.25, 0.3) is 0 Å². The van der Waals surface area contributed by atoms with Crippen LogP contribution >= 0.6 is 22.9 Å². The van der Waals surface area contributed by atoms with Gasteiger partial charge in [-0.2, -0.15) is 0 Å². The lowest BCUT2D eigenvalue weighted by atomic mass is 10.0. The second kappa shape index (κ2) is 3.90. The van der Waals surface area contributed by atoms with Crippen molar-refractivity contribution >= 4 is 22.9 Å². The summed E-state index contributed by atoms with van der Waals surface area (Å²) in [5, 5.41) is 8.88. The fraction of sp³-hybridized carbons (Fsp3) is 0.750. The molecule has 0 saturated carbocycles. The van der Waals surface area contributed by atoms with Crippen LogP contribution in [-0.4, -0.2) is 22.9 Å². The zero-order valence-corrected chi connectivity index (χ0v) is 8.94. The van der Waals surface area contributed by atoms with Crippen molar-refractivity contribution in [2.24, 2.45) is 0 Å². The predicted octanol–water partition coefficient (Wildman–Crippen LogP) is 2.47. The van der Waals surface area contributed by atoms with E-state index in [0.717, 1.165) is 24.5 Å². The van der Waals surface area contributed by atoms with Crippen LogP contribution in [0.25, 0.3) is 0 Å². The van der Waals surface area contributed by atoms with Crippen molar-refractivity contribution in [2.45, 2.75) is 31.8 Å². The molecule has 2 atom stereocenters. The molecule has 2 rings (SSSR count). The SMILES string of the molecule is CCC1OCCC1c1nnc(Cl)s1. The third-order valence-corrected chi connectivity index (χ3v) is 3.50. The Hall–Kier alpha value is -0.190. The summed E-state index contributed by atoms with van der Waals surface area (Å²) in [6.45, 7) is 2.96. The molecule has 1 fully saturated rings. The Kier molecular flexibility index (Phi) is 2.81. The Bertz CT molecular complexity index is 291. The van der Waals surface area contributed by atoms with Gasteiger partial charge in [-0.15, -0.1) is 10.2 Å². The number of rotatable bonds is 2. The lowest BCUT2D eigenvalue weighted by Gasteiger charge is -2.12. The number of ether oxygens (including phenoxy) is 1. The largest absolute Gasteiger partial charge is 0.377 e. The summed E-state index contributed by atoms with van der Waals surface area (Å²) >= 11 is 7.20. The van der Waals surface area contributed by atoms with E-state index in [2.05, 4.69) is 17.1 Å². The second-order valence-electron chi connectivity index (χ2n) is 3.11. The molecule has 1 aromatic rings. The van der Waals surface area contributed by atoms with E-state index >= 15 is 0 Å². The molecule has 0 radical (unpaired) electrons. The topological polar surface area (TPSA) is 35.0 Å². The van der Waals surface area contributed by atoms with E-state index in [0.29, 0.717) is 16.5 Å². The Morgan fingerprint density at radius 3 is 3.08 bits per heavy atom. The molecular weight excluding hydrogens is 208 g/mol. The molecule has 0 bridgehead atoms. The minimum atomic E-state index is 0.309. The van der Waals surface area contributed by atoms with Crippen LogP contribution < -0.4 is 0 Å². The highest BCUT2D eigenvalue weighted by Gasteiger charge is 2.30. The molecule has 0 aliphatic carbocycles. The van der Waals surface area contributed by atoms with Crippen LogP contribution in [0.1, 0.15) is 30.7 Å². The van der Waals surface area contributed by atoms with E-state index < -0.39 is 0 Å². The smallest absolute Gasteiger partial charge is 0.207 e. The average molecular weight is 219 g/mol. The van der Waals surface area contributed by atoms with Gasteiger partial charge in [0.05, 0.1) is 6.10 Å². The maximum absolute atomic E-state index is 5.73. The third kappa shape index (κ3) is 1.85. The van der Waals surface area contributed by atoms with E-state index in [-0.39, 0.29) is 0 Å².